The SMILES string of the molecule is Cc1cnc(Nc2ccc(Br)cc2F)nc1Nc1ccc2oc(=O)[nH]c2c1. The molecule has 2 heterocycles. The maximum absolute atomic E-state index is 14.0. The van der Waals surface area contributed by atoms with E-state index in [0.29, 0.717) is 27.1 Å². The third kappa shape index (κ3) is 3.68. The van der Waals surface area contributed by atoms with E-state index in [9.17, 15) is 9.18 Å². The van der Waals surface area contributed by atoms with Crippen LogP contribution in [0.1, 0.15) is 5.56 Å². The molecule has 0 saturated heterocycles. The normalized spacial score (nSPS) is 10.9. The molecule has 0 radical (unpaired) electrons. The minimum Gasteiger partial charge on any atom is -0.408 e. The van der Waals surface area contributed by atoms with Gasteiger partial charge in [-0.2, -0.15) is 4.98 Å². The van der Waals surface area contributed by atoms with Gasteiger partial charge in [0.15, 0.2) is 5.58 Å². The van der Waals surface area contributed by atoms with Crippen LogP contribution >= 0.6 is 15.9 Å². The molecule has 0 fully saturated rings. The second-order valence-corrected chi connectivity index (χ2v) is 6.74. The molecular weight excluding hydrogens is 417 g/mol. The van der Waals surface area contributed by atoms with Gasteiger partial charge in [0, 0.05) is 21.9 Å². The van der Waals surface area contributed by atoms with E-state index in [0.717, 1.165) is 5.56 Å². The Labute approximate surface area is 160 Å². The number of nitrogens with zero attached hydrogens (tertiary/aromatic N) is 2. The van der Waals surface area contributed by atoms with Gasteiger partial charge in [-0.1, -0.05) is 15.9 Å². The Morgan fingerprint density at radius 2 is 2.04 bits per heavy atom. The molecule has 0 saturated carbocycles. The average molecular weight is 430 g/mol. The smallest absolute Gasteiger partial charge is 0.408 e. The molecule has 0 bridgehead atoms. The number of hydrogen-bond acceptors (Lipinski definition) is 6. The first kappa shape index (κ1) is 17.2. The molecule has 9 heteroatoms. The zero-order valence-corrected chi connectivity index (χ0v) is 15.6. The fourth-order valence-electron chi connectivity index (χ4n) is 2.51. The standard InChI is InChI=1S/C18H13BrFN5O2/c1-9-8-21-17(23-13-4-2-10(19)6-12(13)20)25-16(9)22-11-3-5-15-14(7-11)24-18(26)27-15/h2-8H,1H3,(H,24,26)(H2,21,22,23,25). The molecule has 4 rings (SSSR count). The van der Waals surface area contributed by atoms with Gasteiger partial charge < -0.3 is 15.1 Å². The van der Waals surface area contributed by atoms with E-state index in [4.69, 9.17) is 4.42 Å². The first-order valence-corrected chi connectivity index (χ1v) is 8.73. The maximum Gasteiger partial charge on any atom is 0.417 e. The minimum absolute atomic E-state index is 0.252. The Balaban J connectivity index is 1.62. The number of anilines is 4. The summed E-state index contributed by atoms with van der Waals surface area (Å²) in [7, 11) is 0. The van der Waals surface area contributed by atoms with Crippen molar-refractivity contribution in [2.75, 3.05) is 10.6 Å². The third-order valence-electron chi connectivity index (χ3n) is 3.83. The lowest BCUT2D eigenvalue weighted by molar-refractivity contribution is 0.555. The lowest BCUT2D eigenvalue weighted by Crippen LogP contribution is -2.03. The predicted octanol–water partition coefficient (Wildman–Crippen LogP) is 4.61. The summed E-state index contributed by atoms with van der Waals surface area (Å²) in [5.74, 6) is -0.127. The van der Waals surface area contributed by atoms with Crippen LogP contribution in [0.3, 0.4) is 0 Å². The van der Waals surface area contributed by atoms with Crippen LogP contribution in [0.4, 0.5) is 27.5 Å². The van der Waals surface area contributed by atoms with Crippen LogP contribution in [0.15, 0.2) is 56.3 Å². The third-order valence-corrected chi connectivity index (χ3v) is 4.32. The van der Waals surface area contributed by atoms with Gasteiger partial charge in [0.05, 0.1) is 11.2 Å². The van der Waals surface area contributed by atoms with Crippen molar-refractivity contribution in [1.82, 2.24) is 15.0 Å². The lowest BCUT2D eigenvalue weighted by atomic mass is 10.2. The van der Waals surface area contributed by atoms with E-state index in [1.807, 2.05) is 6.92 Å². The number of halogens is 2. The van der Waals surface area contributed by atoms with Gasteiger partial charge in [-0.3, -0.25) is 4.98 Å². The number of fused-ring (bicyclic) bond motifs is 1. The molecular formula is C18H13BrFN5O2. The van der Waals surface area contributed by atoms with Crippen molar-refractivity contribution >= 4 is 50.2 Å². The zero-order valence-electron chi connectivity index (χ0n) is 14.0. The molecule has 0 amide bonds. The molecule has 0 unspecified atom stereocenters. The number of oxazole rings is 1. The van der Waals surface area contributed by atoms with E-state index < -0.39 is 11.6 Å². The van der Waals surface area contributed by atoms with Gasteiger partial charge in [0.1, 0.15) is 11.6 Å². The van der Waals surface area contributed by atoms with Crippen molar-refractivity contribution in [1.29, 1.82) is 0 Å². The number of benzene rings is 2. The van der Waals surface area contributed by atoms with Crippen molar-refractivity contribution in [3.05, 3.63) is 69.0 Å². The van der Waals surface area contributed by atoms with Crippen LogP contribution in [0.5, 0.6) is 0 Å². The van der Waals surface area contributed by atoms with Gasteiger partial charge in [-0.15, -0.1) is 0 Å². The number of H-pyrrole nitrogens is 1. The molecule has 27 heavy (non-hydrogen) atoms. The van der Waals surface area contributed by atoms with Crippen molar-refractivity contribution in [2.24, 2.45) is 0 Å². The molecule has 0 spiro atoms. The van der Waals surface area contributed by atoms with Crippen LogP contribution in [0.25, 0.3) is 11.1 Å². The van der Waals surface area contributed by atoms with Crippen LogP contribution in [-0.2, 0) is 0 Å². The average Bonchev–Trinajstić information content (AvgIpc) is 2.99. The highest BCUT2D eigenvalue weighted by molar-refractivity contribution is 9.10. The number of hydrogen-bond donors (Lipinski definition) is 3. The predicted molar refractivity (Wildman–Crippen MR) is 104 cm³/mol. The van der Waals surface area contributed by atoms with Gasteiger partial charge >= 0.3 is 5.76 Å². The van der Waals surface area contributed by atoms with Crippen molar-refractivity contribution < 1.29 is 8.81 Å². The summed E-state index contributed by atoms with van der Waals surface area (Å²) in [6, 6.07) is 9.86. The van der Waals surface area contributed by atoms with Gasteiger partial charge in [-0.05, 0) is 43.3 Å². The number of aryl methyl sites for hydroxylation is 1. The molecule has 2 aromatic carbocycles. The first-order chi connectivity index (χ1) is 13.0. The van der Waals surface area contributed by atoms with E-state index >= 15 is 0 Å². The molecule has 4 aromatic rings. The maximum atomic E-state index is 14.0. The summed E-state index contributed by atoms with van der Waals surface area (Å²) in [5.41, 5.74) is 2.83. The van der Waals surface area contributed by atoms with E-state index in [1.165, 1.54) is 6.07 Å². The van der Waals surface area contributed by atoms with Gasteiger partial charge in [0.25, 0.3) is 0 Å². The molecule has 0 aliphatic carbocycles. The van der Waals surface area contributed by atoms with Crippen molar-refractivity contribution in [3.8, 4) is 0 Å². The highest BCUT2D eigenvalue weighted by Gasteiger charge is 2.09. The number of aromatic amines is 1. The van der Waals surface area contributed by atoms with Crippen LogP contribution < -0.4 is 16.4 Å². The molecule has 0 aliphatic rings. The number of nitrogens with one attached hydrogen (secondary N) is 3. The quantitative estimate of drug-likeness (QED) is 0.438. The highest BCUT2D eigenvalue weighted by atomic mass is 79.9. The first-order valence-electron chi connectivity index (χ1n) is 7.93. The van der Waals surface area contributed by atoms with E-state index in [-0.39, 0.29) is 11.6 Å². The lowest BCUT2D eigenvalue weighted by Gasteiger charge is -2.11. The van der Waals surface area contributed by atoms with Gasteiger partial charge in [-0.25, -0.2) is 14.2 Å². The minimum atomic E-state index is -0.511. The summed E-state index contributed by atoms with van der Waals surface area (Å²) in [5, 5.41) is 6.03. The highest BCUT2D eigenvalue weighted by Crippen LogP contribution is 2.25. The van der Waals surface area contributed by atoms with E-state index in [2.05, 4.69) is 41.5 Å². The Hall–Kier alpha value is -3.20. The topological polar surface area (TPSA) is 95.8 Å². The summed E-state index contributed by atoms with van der Waals surface area (Å²) >= 11 is 3.22. The Kier molecular flexibility index (Phi) is 4.36. The second kappa shape index (κ2) is 6.84. The molecule has 0 aliphatic heterocycles. The molecule has 7 nitrogen and oxygen atoms in total. The second-order valence-electron chi connectivity index (χ2n) is 5.82. The van der Waals surface area contributed by atoms with Crippen LogP contribution in [0.2, 0.25) is 0 Å². The van der Waals surface area contributed by atoms with E-state index in [1.54, 1.807) is 36.5 Å². The zero-order chi connectivity index (χ0) is 19.0. The Morgan fingerprint density at radius 1 is 1.19 bits per heavy atom. The molecule has 136 valence electrons. The van der Waals surface area contributed by atoms with Crippen LogP contribution in [0, 0.1) is 12.7 Å². The van der Waals surface area contributed by atoms with Gasteiger partial charge in [0.2, 0.25) is 5.95 Å². The van der Waals surface area contributed by atoms with Crippen LogP contribution in [-0.4, -0.2) is 15.0 Å². The summed E-state index contributed by atoms with van der Waals surface area (Å²) in [6.07, 6.45) is 1.63. The summed E-state index contributed by atoms with van der Waals surface area (Å²) < 4.78 is 19.6. The fourth-order valence-corrected chi connectivity index (χ4v) is 2.84. The number of rotatable bonds is 4. The number of aromatic nitrogens is 3. The molecule has 0 atom stereocenters. The largest absolute Gasteiger partial charge is 0.417 e. The molecule has 2 aromatic heterocycles. The fraction of sp³-hybridized carbons (Fsp3) is 0.0556. The monoisotopic (exact) mass is 429 g/mol. The van der Waals surface area contributed by atoms with Crippen molar-refractivity contribution in [3.63, 3.8) is 0 Å². The Morgan fingerprint density at radius 3 is 2.85 bits per heavy atom. The summed E-state index contributed by atoms with van der Waals surface area (Å²) in [4.78, 5) is 22.5. The molecule has 3 N–H and O–H groups in total. The Bertz CT molecular complexity index is 1200. The van der Waals surface area contributed by atoms with Crippen molar-refractivity contribution in [2.45, 2.75) is 6.92 Å². The summed E-state index contributed by atoms with van der Waals surface area (Å²) in [6.45, 7) is 1.85.